The Morgan fingerprint density at radius 3 is 2.30 bits per heavy atom. The average Bonchev–Trinajstić information content (AvgIpc) is 2.77. The molecule has 0 radical (unpaired) electrons. The quantitative estimate of drug-likeness (QED) is 0.802. The molecule has 1 N–H and O–H groups in total. The van der Waals surface area contributed by atoms with Gasteiger partial charge in [0.25, 0.3) is 0 Å². The van der Waals surface area contributed by atoms with E-state index >= 15 is 0 Å². The summed E-state index contributed by atoms with van der Waals surface area (Å²) in [7, 11) is 0. The SMILES string of the molecule is CCOC(=O)CC1CCC2(CCN(C(=O)O)CC2)C1C(C)(C)C. The third-order valence-electron chi connectivity index (χ3n) is 5.84. The summed E-state index contributed by atoms with van der Waals surface area (Å²) in [6.07, 6.45) is 3.68. The molecule has 1 aliphatic carbocycles. The Bertz CT molecular complexity index is 446. The van der Waals surface area contributed by atoms with E-state index in [-0.39, 0.29) is 16.8 Å². The topological polar surface area (TPSA) is 66.8 Å². The van der Waals surface area contributed by atoms with Gasteiger partial charge in [-0.25, -0.2) is 4.79 Å². The molecule has 23 heavy (non-hydrogen) atoms. The molecule has 1 spiro atoms. The smallest absolute Gasteiger partial charge is 0.407 e. The summed E-state index contributed by atoms with van der Waals surface area (Å²) in [5.74, 6) is 0.701. The van der Waals surface area contributed by atoms with Crippen molar-refractivity contribution in [3.05, 3.63) is 0 Å². The molecular formula is C18H31NO4. The van der Waals surface area contributed by atoms with Gasteiger partial charge in [-0.3, -0.25) is 4.79 Å². The van der Waals surface area contributed by atoms with Gasteiger partial charge in [-0.05, 0) is 55.3 Å². The molecule has 5 heteroatoms. The standard InChI is InChI=1S/C18H31NO4/c1-5-23-14(20)12-13-6-7-18(15(13)17(2,3)4)8-10-19(11-9-18)16(21)22/h13,15H,5-12H2,1-4H3,(H,21,22). The Balaban J connectivity index is 2.14. The molecule has 0 aromatic heterocycles. The van der Waals surface area contributed by atoms with Crippen molar-refractivity contribution in [2.75, 3.05) is 19.7 Å². The lowest BCUT2D eigenvalue weighted by Gasteiger charge is -2.49. The van der Waals surface area contributed by atoms with E-state index in [0.717, 1.165) is 25.7 Å². The van der Waals surface area contributed by atoms with E-state index in [1.165, 1.54) is 4.90 Å². The molecule has 2 atom stereocenters. The lowest BCUT2D eigenvalue weighted by Crippen LogP contribution is -2.47. The van der Waals surface area contributed by atoms with Crippen LogP contribution in [0.1, 0.15) is 59.8 Å². The molecule has 132 valence electrons. The summed E-state index contributed by atoms with van der Waals surface area (Å²) in [6, 6.07) is 0. The maximum atomic E-state index is 12.0. The van der Waals surface area contributed by atoms with Crippen molar-refractivity contribution in [1.82, 2.24) is 4.90 Å². The zero-order valence-electron chi connectivity index (χ0n) is 14.9. The number of carboxylic acid groups (broad SMARTS) is 1. The van der Waals surface area contributed by atoms with E-state index in [9.17, 15) is 14.7 Å². The predicted molar refractivity (Wildman–Crippen MR) is 88.2 cm³/mol. The molecule has 1 saturated heterocycles. The largest absolute Gasteiger partial charge is 0.466 e. The Morgan fingerprint density at radius 2 is 1.83 bits per heavy atom. The van der Waals surface area contributed by atoms with Gasteiger partial charge in [0.05, 0.1) is 6.61 Å². The van der Waals surface area contributed by atoms with Crippen molar-refractivity contribution >= 4 is 12.1 Å². The van der Waals surface area contributed by atoms with Crippen molar-refractivity contribution < 1.29 is 19.4 Å². The van der Waals surface area contributed by atoms with Crippen molar-refractivity contribution in [2.45, 2.75) is 59.8 Å². The highest BCUT2D eigenvalue weighted by Gasteiger charge is 2.54. The van der Waals surface area contributed by atoms with E-state index in [1.807, 2.05) is 6.92 Å². The number of carbonyl (C=O) groups excluding carboxylic acids is 1. The van der Waals surface area contributed by atoms with Gasteiger partial charge in [0.15, 0.2) is 0 Å². The number of piperidine rings is 1. The molecular weight excluding hydrogens is 294 g/mol. The minimum Gasteiger partial charge on any atom is -0.466 e. The maximum Gasteiger partial charge on any atom is 0.407 e. The fourth-order valence-electron chi connectivity index (χ4n) is 5.28. The first-order valence-electron chi connectivity index (χ1n) is 8.83. The van der Waals surface area contributed by atoms with Gasteiger partial charge in [-0.2, -0.15) is 0 Å². The molecule has 0 aromatic rings. The summed E-state index contributed by atoms with van der Waals surface area (Å²) in [5.41, 5.74) is 0.292. The predicted octanol–water partition coefficient (Wildman–Crippen LogP) is 3.77. The van der Waals surface area contributed by atoms with Crippen molar-refractivity contribution in [3.63, 3.8) is 0 Å². The molecule has 1 amide bonds. The molecule has 2 fully saturated rings. The second-order valence-corrected chi connectivity index (χ2v) is 8.28. The molecule has 2 unspecified atom stereocenters. The number of carbonyl (C=O) groups is 2. The number of rotatable bonds is 3. The number of esters is 1. The van der Waals surface area contributed by atoms with Crippen molar-refractivity contribution in [2.24, 2.45) is 22.7 Å². The van der Waals surface area contributed by atoms with Crippen LogP contribution in [0.25, 0.3) is 0 Å². The summed E-state index contributed by atoms with van der Waals surface area (Å²) in [4.78, 5) is 24.7. The molecule has 1 heterocycles. The molecule has 5 nitrogen and oxygen atoms in total. The van der Waals surface area contributed by atoms with Gasteiger partial charge < -0.3 is 14.7 Å². The van der Waals surface area contributed by atoms with Gasteiger partial charge in [0.1, 0.15) is 0 Å². The van der Waals surface area contributed by atoms with E-state index in [4.69, 9.17) is 4.74 Å². The van der Waals surface area contributed by atoms with Crippen LogP contribution in [-0.4, -0.2) is 41.8 Å². The molecule has 0 aromatic carbocycles. The maximum absolute atomic E-state index is 12.0. The fourth-order valence-corrected chi connectivity index (χ4v) is 5.28. The molecule has 2 rings (SSSR count). The van der Waals surface area contributed by atoms with E-state index in [1.54, 1.807) is 0 Å². The minimum atomic E-state index is -0.812. The van der Waals surface area contributed by atoms with Crippen LogP contribution in [0.2, 0.25) is 0 Å². The van der Waals surface area contributed by atoms with Gasteiger partial charge in [-0.15, -0.1) is 0 Å². The van der Waals surface area contributed by atoms with Crippen molar-refractivity contribution in [3.8, 4) is 0 Å². The van der Waals surface area contributed by atoms with Crippen LogP contribution in [0.15, 0.2) is 0 Å². The summed E-state index contributed by atoms with van der Waals surface area (Å²) >= 11 is 0. The van der Waals surface area contributed by atoms with Gasteiger partial charge >= 0.3 is 12.1 Å². The Kier molecular flexibility index (Phi) is 5.27. The van der Waals surface area contributed by atoms with Gasteiger partial charge in [0, 0.05) is 19.5 Å². The summed E-state index contributed by atoms with van der Waals surface area (Å²) < 4.78 is 5.16. The summed E-state index contributed by atoms with van der Waals surface area (Å²) in [6.45, 7) is 10.3. The molecule has 1 saturated carbocycles. The number of hydrogen-bond acceptors (Lipinski definition) is 3. The Hall–Kier alpha value is -1.26. The van der Waals surface area contributed by atoms with Crippen LogP contribution in [0.5, 0.6) is 0 Å². The van der Waals surface area contributed by atoms with Crippen LogP contribution in [0.4, 0.5) is 4.79 Å². The first kappa shape index (κ1) is 18.1. The molecule has 0 bridgehead atoms. The van der Waals surface area contributed by atoms with Crippen molar-refractivity contribution in [1.29, 1.82) is 0 Å². The second kappa shape index (κ2) is 6.70. The number of nitrogens with zero attached hydrogens (tertiary/aromatic N) is 1. The van der Waals surface area contributed by atoms with Crippen LogP contribution >= 0.6 is 0 Å². The normalized spacial score (nSPS) is 27.2. The fraction of sp³-hybridized carbons (Fsp3) is 0.889. The Labute approximate surface area is 139 Å². The third-order valence-corrected chi connectivity index (χ3v) is 5.84. The number of likely N-dealkylation sites (tertiary alicyclic amines) is 1. The number of hydrogen-bond donors (Lipinski definition) is 1. The first-order valence-corrected chi connectivity index (χ1v) is 8.83. The lowest BCUT2D eigenvalue weighted by atomic mass is 9.59. The minimum absolute atomic E-state index is 0.0910. The van der Waals surface area contributed by atoms with E-state index in [2.05, 4.69) is 20.8 Å². The highest BCUT2D eigenvalue weighted by atomic mass is 16.5. The second-order valence-electron chi connectivity index (χ2n) is 8.28. The Morgan fingerprint density at radius 1 is 1.22 bits per heavy atom. The molecule has 2 aliphatic rings. The third kappa shape index (κ3) is 3.81. The lowest BCUT2D eigenvalue weighted by molar-refractivity contribution is -0.145. The van der Waals surface area contributed by atoms with E-state index < -0.39 is 6.09 Å². The molecule has 1 aliphatic heterocycles. The zero-order valence-corrected chi connectivity index (χ0v) is 14.9. The van der Waals surface area contributed by atoms with Crippen LogP contribution in [0, 0.1) is 22.7 Å². The average molecular weight is 325 g/mol. The highest BCUT2D eigenvalue weighted by molar-refractivity contribution is 5.69. The van der Waals surface area contributed by atoms with E-state index in [0.29, 0.717) is 38.0 Å². The first-order chi connectivity index (χ1) is 10.7. The highest BCUT2D eigenvalue weighted by Crippen LogP contribution is 2.60. The number of amides is 1. The number of ether oxygens (including phenoxy) is 1. The van der Waals surface area contributed by atoms with Crippen LogP contribution < -0.4 is 0 Å². The zero-order chi connectivity index (χ0) is 17.3. The van der Waals surface area contributed by atoms with Crippen LogP contribution in [-0.2, 0) is 9.53 Å². The monoisotopic (exact) mass is 325 g/mol. The van der Waals surface area contributed by atoms with Gasteiger partial charge in [0.2, 0.25) is 0 Å². The van der Waals surface area contributed by atoms with Crippen LogP contribution in [0.3, 0.4) is 0 Å². The van der Waals surface area contributed by atoms with Gasteiger partial charge in [-0.1, -0.05) is 20.8 Å². The summed E-state index contributed by atoms with van der Waals surface area (Å²) in [5, 5.41) is 9.19.